The summed E-state index contributed by atoms with van der Waals surface area (Å²) in [7, 11) is 0. The molecule has 0 atom stereocenters. The highest BCUT2D eigenvalue weighted by atomic mass is 14.1. The number of hydrogen-bond donors (Lipinski definition) is 0. The molecular formula is C20H28. The van der Waals surface area contributed by atoms with Crippen LogP contribution < -0.4 is 0 Å². The summed E-state index contributed by atoms with van der Waals surface area (Å²) in [5.41, 5.74) is 3.18. The van der Waals surface area contributed by atoms with Crippen molar-refractivity contribution in [1.29, 1.82) is 0 Å². The van der Waals surface area contributed by atoms with Crippen LogP contribution in [0.1, 0.15) is 63.5 Å². The van der Waals surface area contributed by atoms with E-state index in [0.717, 1.165) is 0 Å². The average Bonchev–Trinajstić information content (AvgIpc) is 2.49. The van der Waals surface area contributed by atoms with Gasteiger partial charge in [-0.05, 0) is 47.6 Å². The van der Waals surface area contributed by atoms with E-state index in [1.165, 1.54) is 62.1 Å². The number of unbranched alkanes of at least 4 members (excludes halogenated alkanes) is 4. The number of aryl methyl sites for hydroxylation is 2. The van der Waals surface area contributed by atoms with Crippen LogP contribution in [0.25, 0.3) is 10.8 Å². The highest BCUT2D eigenvalue weighted by molar-refractivity contribution is 5.84. The predicted octanol–water partition coefficient (Wildman–Crippen LogP) is 6.31. The van der Waals surface area contributed by atoms with Gasteiger partial charge in [0.25, 0.3) is 0 Å². The Morgan fingerprint density at radius 2 is 1.20 bits per heavy atom. The van der Waals surface area contributed by atoms with Crippen LogP contribution in [0.2, 0.25) is 0 Å². The molecular weight excluding hydrogens is 240 g/mol. The first-order valence-electron chi connectivity index (χ1n) is 8.35. The number of benzene rings is 2. The maximum Gasteiger partial charge on any atom is -0.0181 e. The fourth-order valence-corrected chi connectivity index (χ4v) is 2.91. The molecule has 0 radical (unpaired) electrons. The first-order valence-corrected chi connectivity index (χ1v) is 8.35. The van der Waals surface area contributed by atoms with Crippen LogP contribution in [0.4, 0.5) is 0 Å². The fourth-order valence-electron chi connectivity index (χ4n) is 2.91. The van der Waals surface area contributed by atoms with Crippen molar-refractivity contribution in [2.45, 2.75) is 65.2 Å². The Bertz CT molecular complexity index is 525. The van der Waals surface area contributed by atoms with E-state index in [9.17, 15) is 0 Å². The molecule has 2 aromatic carbocycles. The van der Waals surface area contributed by atoms with Crippen molar-refractivity contribution in [3.05, 3.63) is 47.5 Å². The zero-order valence-corrected chi connectivity index (χ0v) is 13.1. The third kappa shape index (κ3) is 4.10. The minimum atomic E-state index is 1.24. The molecule has 0 amide bonds. The molecule has 0 heteroatoms. The maximum atomic E-state index is 2.44. The van der Waals surface area contributed by atoms with Crippen LogP contribution in [-0.4, -0.2) is 0 Å². The smallest absolute Gasteiger partial charge is 0.0181 e. The molecule has 0 aliphatic rings. The summed E-state index contributed by atoms with van der Waals surface area (Å²) >= 11 is 0. The largest absolute Gasteiger partial charge is 0.0654 e. The second-order valence-corrected chi connectivity index (χ2v) is 5.88. The second-order valence-electron chi connectivity index (χ2n) is 5.88. The van der Waals surface area contributed by atoms with Gasteiger partial charge < -0.3 is 0 Å². The van der Waals surface area contributed by atoms with Gasteiger partial charge in [0.15, 0.2) is 0 Å². The summed E-state index contributed by atoms with van der Waals surface area (Å²) < 4.78 is 0. The Balaban J connectivity index is 2.18. The van der Waals surface area contributed by atoms with Crippen molar-refractivity contribution in [3.63, 3.8) is 0 Å². The molecule has 0 spiro atoms. The minimum absolute atomic E-state index is 1.24. The predicted molar refractivity (Wildman–Crippen MR) is 90.4 cm³/mol. The third-order valence-electron chi connectivity index (χ3n) is 4.17. The lowest BCUT2D eigenvalue weighted by Crippen LogP contribution is -1.96. The van der Waals surface area contributed by atoms with Gasteiger partial charge in [0.2, 0.25) is 0 Å². The molecule has 0 nitrogen and oxygen atoms in total. The molecule has 108 valence electrons. The van der Waals surface area contributed by atoms with E-state index in [1.807, 2.05) is 0 Å². The van der Waals surface area contributed by atoms with Crippen molar-refractivity contribution in [3.8, 4) is 0 Å². The van der Waals surface area contributed by atoms with Crippen LogP contribution in [-0.2, 0) is 12.8 Å². The standard InChI is InChI=1S/C20H28/c1-3-5-7-8-12-18-16-20-14-10-9-13-19(20)15-17(18)11-6-4-2/h9-10,13-16H,3-8,11-12H2,1-2H3. The fraction of sp³-hybridized carbons (Fsp3) is 0.500. The Morgan fingerprint density at radius 1 is 0.650 bits per heavy atom. The number of fused-ring (bicyclic) bond motifs is 1. The first kappa shape index (κ1) is 15.1. The summed E-state index contributed by atoms with van der Waals surface area (Å²) in [6.45, 7) is 4.56. The van der Waals surface area contributed by atoms with Crippen LogP contribution in [0.5, 0.6) is 0 Å². The lowest BCUT2D eigenvalue weighted by Gasteiger charge is -2.12. The summed E-state index contributed by atoms with van der Waals surface area (Å²) in [4.78, 5) is 0. The van der Waals surface area contributed by atoms with Crippen LogP contribution in [0, 0.1) is 0 Å². The van der Waals surface area contributed by atoms with E-state index < -0.39 is 0 Å². The van der Waals surface area contributed by atoms with Gasteiger partial charge in [-0.2, -0.15) is 0 Å². The van der Waals surface area contributed by atoms with E-state index in [2.05, 4.69) is 50.2 Å². The quantitative estimate of drug-likeness (QED) is 0.492. The van der Waals surface area contributed by atoms with E-state index >= 15 is 0 Å². The van der Waals surface area contributed by atoms with Crippen molar-refractivity contribution in [1.82, 2.24) is 0 Å². The maximum absolute atomic E-state index is 2.44. The van der Waals surface area contributed by atoms with Crippen LogP contribution in [0.15, 0.2) is 36.4 Å². The Hall–Kier alpha value is -1.30. The monoisotopic (exact) mass is 268 g/mol. The highest BCUT2D eigenvalue weighted by Gasteiger charge is 2.05. The first-order chi connectivity index (χ1) is 9.85. The topological polar surface area (TPSA) is 0 Å². The van der Waals surface area contributed by atoms with Gasteiger partial charge in [-0.15, -0.1) is 0 Å². The minimum Gasteiger partial charge on any atom is -0.0654 e. The molecule has 0 fully saturated rings. The molecule has 0 N–H and O–H groups in total. The van der Waals surface area contributed by atoms with Crippen molar-refractivity contribution < 1.29 is 0 Å². The van der Waals surface area contributed by atoms with E-state index in [1.54, 1.807) is 11.1 Å². The molecule has 20 heavy (non-hydrogen) atoms. The lowest BCUT2D eigenvalue weighted by molar-refractivity contribution is 0.663. The third-order valence-corrected chi connectivity index (χ3v) is 4.17. The van der Waals surface area contributed by atoms with Crippen molar-refractivity contribution in [2.24, 2.45) is 0 Å². The summed E-state index contributed by atoms with van der Waals surface area (Å²) in [5, 5.41) is 2.80. The van der Waals surface area contributed by atoms with Crippen molar-refractivity contribution in [2.75, 3.05) is 0 Å². The molecule has 0 heterocycles. The summed E-state index contributed by atoms with van der Waals surface area (Å²) in [5.74, 6) is 0. The Kier molecular flexibility index (Phi) is 6.11. The van der Waals surface area contributed by atoms with Gasteiger partial charge in [-0.25, -0.2) is 0 Å². The van der Waals surface area contributed by atoms with Crippen LogP contribution in [0.3, 0.4) is 0 Å². The average molecular weight is 268 g/mol. The van der Waals surface area contributed by atoms with Gasteiger partial charge in [-0.1, -0.05) is 75.9 Å². The van der Waals surface area contributed by atoms with Gasteiger partial charge in [0, 0.05) is 0 Å². The molecule has 0 aliphatic heterocycles. The summed E-state index contributed by atoms with van der Waals surface area (Å²) in [6.07, 6.45) is 10.5. The SMILES string of the molecule is CCCCCCc1cc2ccccc2cc1CCCC. The molecule has 0 unspecified atom stereocenters. The molecule has 0 aromatic heterocycles. The summed E-state index contributed by atoms with van der Waals surface area (Å²) in [6, 6.07) is 13.6. The molecule has 2 aromatic rings. The zero-order chi connectivity index (χ0) is 14.2. The van der Waals surface area contributed by atoms with E-state index in [0.29, 0.717) is 0 Å². The lowest BCUT2D eigenvalue weighted by atomic mass is 9.94. The van der Waals surface area contributed by atoms with Crippen molar-refractivity contribution >= 4 is 10.8 Å². The normalized spacial score (nSPS) is 11.1. The van der Waals surface area contributed by atoms with Gasteiger partial charge >= 0.3 is 0 Å². The number of hydrogen-bond acceptors (Lipinski definition) is 0. The van der Waals surface area contributed by atoms with Gasteiger partial charge in [-0.3, -0.25) is 0 Å². The Morgan fingerprint density at radius 3 is 1.75 bits per heavy atom. The highest BCUT2D eigenvalue weighted by Crippen LogP contribution is 2.23. The van der Waals surface area contributed by atoms with Gasteiger partial charge in [0.05, 0.1) is 0 Å². The van der Waals surface area contributed by atoms with Gasteiger partial charge in [0.1, 0.15) is 0 Å². The molecule has 0 bridgehead atoms. The molecule has 2 rings (SSSR count). The molecule has 0 aliphatic carbocycles. The number of rotatable bonds is 8. The Labute approximate surface area is 124 Å². The molecule has 0 saturated carbocycles. The van der Waals surface area contributed by atoms with E-state index in [4.69, 9.17) is 0 Å². The zero-order valence-electron chi connectivity index (χ0n) is 13.1. The second kappa shape index (κ2) is 8.09. The van der Waals surface area contributed by atoms with E-state index in [-0.39, 0.29) is 0 Å². The molecule has 0 saturated heterocycles. The van der Waals surface area contributed by atoms with Crippen LogP contribution >= 0.6 is 0 Å².